The van der Waals surface area contributed by atoms with Crippen molar-refractivity contribution in [1.29, 1.82) is 10.5 Å². The van der Waals surface area contributed by atoms with Gasteiger partial charge in [0.1, 0.15) is 17.8 Å². The van der Waals surface area contributed by atoms with Crippen LogP contribution < -0.4 is 5.32 Å². The van der Waals surface area contributed by atoms with Gasteiger partial charge in [0.15, 0.2) is 0 Å². The van der Waals surface area contributed by atoms with Gasteiger partial charge in [0, 0.05) is 17.1 Å². The molecule has 0 aliphatic carbocycles. The lowest BCUT2D eigenvalue weighted by Crippen LogP contribution is -1.99. The fraction of sp³-hybridized carbons (Fsp3) is 0. The number of rotatable bonds is 3. The molecule has 1 aromatic heterocycles. The minimum atomic E-state index is -0.598. The topological polar surface area (TPSA) is 131 Å². The molecule has 0 saturated carbocycles. The lowest BCUT2D eigenvalue weighted by Gasteiger charge is -2.08. The molecule has 0 saturated heterocycles. The Balaban J connectivity index is 2.09. The Bertz CT molecular complexity index is 1010. The van der Waals surface area contributed by atoms with Gasteiger partial charge in [-0.25, -0.2) is 0 Å². The maximum absolute atomic E-state index is 11.2. The third kappa shape index (κ3) is 2.52. The second kappa shape index (κ2) is 5.47. The quantitative estimate of drug-likeness (QED) is 0.564. The SMILES string of the molecule is N#Cc1cc(Nc2ccc3cn[nH]c3c2)c([N+](=O)[O-])cc1C#N. The van der Waals surface area contributed by atoms with E-state index in [1.807, 2.05) is 12.1 Å². The number of anilines is 2. The lowest BCUT2D eigenvalue weighted by molar-refractivity contribution is -0.383. The molecule has 0 spiro atoms. The molecule has 8 heteroatoms. The summed E-state index contributed by atoms with van der Waals surface area (Å²) in [5.41, 5.74) is 1.27. The highest BCUT2D eigenvalue weighted by Gasteiger charge is 2.18. The summed E-state index contributed by atoms with van der Waals surface area (Å²) in [4.78, 5) is 10.6. The number of aromatic nitrogens is 2. The van der Waals surface area contributed by atoms with Crippen LogP contribution in [0.2, 0.25) is 0 Å². The molecule has 0 aliphatic rings. The van der Waals surface area contributed by atoms with Crippen molar-refractivity contribution in [2.75, 3.05) is 5.32 Å². The van der Waals surface area contributed by atoms with E-state index in [0.29, 0.717) is 5.69 Å². The molecule has 0 fully saturated rings. The van der Waals surface area contributed by atoms with Crippen molar-refractivity contribution in [1.82, 2.24) is 10.2 Å². The Labute approximate surface area is 129 Å². The maximum atomic E-state index is 11.2. The number of nitro benzene ring substituents is 1. The molecule has 23 heavy (non-hydrogen) atoms. The number of hydrogen-bond donors (Lipinski definition) is 2. The fourth-order valence-corrected chi connectivity index (χ4v) is 2.19. The summed E-state index contributed by atoms with van der Waals surface area (Å²) in [5, 5.41) is 39.8. The van der Waals surface area contributed by atoms with Crippen LogP contribution in [0.15, 0.2) is 36.5 Å². The summed E-state index contributed by atoms with van der Waals surface area (Å²) < 4.78 is 0. The molecule has 0 atom stereocenters. The summed E-state index contributed by atoms with van der Waals surface area (Å²) in [7, 11) is 0. The summed E-state index contributed by atoms with van der Waals surface area (Å²) in [6.07, 6.45) is 1.66. The van der Waals surface area contributed by atoms with Crippen molar-refractivity contribution >= 4 is 28.0 Å². The first-order chi connectivity index (χ1) is 11.1. The van der Waals surface area contributed by atoms with Crippen LogP contribution in [0.4, 0.5) is 17.1 Å². The second-order valence-corrected chi connectivity index (χ2v) is 4.69. The minimum Gasteiger partial charge on any atom is -0.350 e. The monoisotopic (exact) mass is 304 g/mol. The molecule has 2 aromatic carbocycles. The highest BCUT2D eigenvalue weighted by Crippen LogP contribution is 2.31. The van der Waals surface area contributed by atoms with Crippen LogP contribution in [0, 0.1) is 32.8 Å². The normalized spacial score (nSPS) is 10.0. The molecule has 8 nitrogen and oxygen atoms in total. The standard InChI is InChI=1S/C15H8N6O2/c16-6-10-3-14(15(21(22)23)4-11(10)7-17)19-12-2-1-9-8-18-20-13(9)5-12/h1-5,8,19H,(H,18,20). The Morgan fingerprint density at radius 3 is 2.61 bits per heavy atom. The van der Waals surface area contributed by atoms with Crippen molar-refractivity contribution in [2.24, 2.45) is 0 Å². The highest BCUT2D eigenvalue weighted by molar-refractivity contribution is 5.84. The van der Waals surface area contributed by atoms with Gasteiger partial charge >= 0.3 is 0 Å². The van der Waals surface area contributed by atoms with Crippen LogP contribution in [-0.2, 0) is 0 Å². The molecular formula is C15H8N6O2. The third-order valence-electron chi connectivity index (χ3n) is 3.29. The zero-order valence-electron chi connectivity index (χ0n) is 11.6. The predicted molar refractivity (Wildman–Crippen MR) is 81.9 cm³/mol. The van der Waals surface area contributed by atoms with Gasteiger partial charge in [-0.2, -0.15) is 15.6 Å². The van der Waals surface area contributed by atoms with Crippen LogP contribution >= 0.6 is 0 Å². The third-order valence-corrected chi connectivity index (χ3v) is 3.29. The molecule has 0 radical (unpaired) electrons. The first kappa shape index (κ1) is 14.0. The van der Waals surface area contributed by atoms with E-state index in [1.54, 1.807) is 24.4 Å². The number of hydrogen-bond acceptors (Lipinski definition) is 6. The summed E-state index contributed by atoms with van der Waals surface area (Å²) in [5.74, 6) is 0. The van der Waals surface area contributed by atoms with Gasteiger partial charge < -0.3 is 5.32 Å². The van der Waals surface area contributed by atoms with E-state index in [9.17, 15) is 10.1 Å². The van der Waals surface area contributed by atoms with E-state index in [4.69, 9.17) is 10.5 Å². The summed E-state index contributed by atoms with van der Waals surface area (Å²) in [6, 6.07) is 11.3. The number of benzene rings is 2. The molecule has 0 amide bonds. The Morgan fingerprint density at radius 1 is 1.17 bits per heavy atom. The number of nitriles is 2. The molecule has 0 bridgehead atoms. The number of nitrogens with one attached hydrogen (secondary N) is 2. The molecule has 3 aromatic rings. The minimum absolute atomic E-state index is 0.0335. The van der Waals surface area contributed by atoms with Crippen molar-refractivity contribution < 1.29 is 4.92 Å². The van der Waals surface area contributed by atoms with Crippen LogP contribution in [0.5, 0.6) is 0 Å². The zero-order valence-corrected chi connectivity index (χ0v) is 11.6. The number of H-pyrrole nitrogens is 1. The van der Waals surface area contributed by atoms with Crippen LogP contribution in [-0.4, -0.2) is 15.1 Å². The first-order valence-electron chi connectivity index (χ1n) is 6.45. The van der Waals surface area contributed by atoms with E-state index >= 15 is 0 Å². The summed E-state index contributed by atoms with van der Waals surface area (Å²) in [6.45, 7) is 0. The van der Waals surface area contributed by atoms with Crippen molar-refractivity contribution in [3.8, 4) is 12.1 Å². The Hall–Kier alpha value is -3.91. The van der Waals surface area contributed by atoms with Gasteiger partial charge in [0.2, 0.25) is 0 Å². The number of fused-ring (bicyclic) bond motifs is 1. The van der Waals surface area contributed by atoms with E-state index < -0.39 is 4.92 Å². The Morgan fingerprint density at radius 2 is 1.91 bits per heavy atom. The predicted octanol–water partition coefficient (Wildman–Crippen LogP) is 2.96. The molecular weight excluding hydrogens is 296 g/mol. The van der Waals surface area contributed by atoms with E-state index in [2.05, 4.69) is 15.5 Å². The largest absolute Gasteiger partial charge is 0.350 e. The average Bonchev–Trinajstić information content (AvgIpc) is 3.01. The van der Waals surface area contributed by atoms with Gasteiger partial charge in [-0.3, -0.25) is 15.2 Å². The van der Waals surface area contributed by atoms with Crippen LogP contribution in [0.25, 0.3) is 10.9 Å². The van der Waals surface area contributed by atoms with Crippen LogP contribution in [0.3, 0.4) is 0 Å². The Kier molecular flexibility index (Phi) is 3.34. The summed E-state index contributed by atoms with van der Waals surface area (Å²) >= 11 is 0. The van der Waals surface area contributed by atoms with Crippen LogP contribution in [0.1, 0.15) is 11.1 Å². The van der Waals surface area contributed by atoms with E-state index in [1.165, 1.54) is 6.07 Å². The maximum Gasteiger partial charge on any atom is 0.294 e. The average molecular weight is 304 g/mol. The molecule has 0 unspecified atom stereocenters. The number of nitro groups is 1. The molecule has 110 valence electrons. The van der Waals surface area contributed by atoms with Crippen molar-refractivity contribution in [2.45, 2.75) is 0 Å². The van der Waals surface area contributed by atoms with Crippen molar-refractivity contribution in [3.05, 3.63) is 57.8 Å². The molecule has 1 heterocycles. The zero-order chi connectivity index (χ0) is 16.4. The molecule has 3 rings (SSSR count). The van der Waals surface area contributed by atoms with Gasteiger partial charge in [-0.05, 0) is 24.3 Å². The molecule has 2 N–H and O–H groups in total. The van der Waals surface area contributed by atoms with E-state index in [0.717, 1.165) is 17.0 Å². The van der Waals surface area contributed by atoms with Crippen molar-refractivity contribution in [3.63, 3.8) is 0 Å². The smallest absolute Gasteiger partial charge is 0.294 e. The second-order valence-electron chi connectivity index (χ2n) is 4.69. The number of nitrogens with zero attached hydrogens (tertiary/aromatic N) is 4. The van der Waals surface area contributed by atoms with E-state index in [-0.39, 0.29) is 22.5 Å². The van der Waals surface area contributed by atoms with Gasteiger partial charge in [-0.15, -0.1) is 0 Å². The molecule has 0 aliphatic heterocycles. The van der Waals surface area contributed by atoms with Gasteiger partial charge in [-0.1, -0.05) is 0 Å². The first-order valence-corrected chi connectivity index (χ1v) is 6.45. The van der Waals surface area contributed by atoms with Gasteiger partial charge in [0.05, 0.1) is 27.8 Å². The lowest BCUT2D eigenvalue weighted by atomic mass is 10.1. The van der Waals surface area contributed by atoms with Gasteiger partial charge in [0.25, 0.3) is 5.69 Å². The highest BCUT2D eigenvalue weighted by atomic mass is 16.6. The number of aromatic amines is 1. The fourth-order valence-electron chi connectivity index (χ4n) is 2.19.